The molecule has 3 rings (SSSR count). The van der Waals surface area contributed by atoms with Crippen molar-refractivity contribution in [1.29, 1.82) is 0 Å². The van der Waals surface area contributed by atoms with E-state index < -0.39 is 59.0 Å². The van der Waals surface area contributed by atoms with Gasteiger partial charge in [-0.3, -0.25) is 24.6 Å². The number of esters is 2. The average Bonchev–Trinajstić information content (AvgIpc) is 2.91. The number of hydrogen-bond acceptors (Lipinski definition) is 12. The fraction of sp³-hybridized carbons (Fsp3) is 0.391. The smallest absolute Gasteiger partial charge is 0.433 e. The second-order valence-electron chi connectivity index (χ2n) is 8.80. The minimum absolute atomic E-state index is 0.0144. The number of thioether (sulfide) groups is 1. The van der Waals surface area contributed by atoms with Crippen LogP contribution >= 0.6 is 11.8 Å². The third-order valence-electron chi connectivity index (χ3n) is 5.67. The first-order chi connectivity index (χ1) is 18.4. The van der Waals surface area contributed by atoms with E-state index in [4.69, 9.17) is 18.9 Å². The number of benzene rings is 1. The molecule has 0 spiro atoms. The lowest BCUT2D eigenvalue weighted by Crippen LogP contribution is -2.63. The van der Waals surface area contributed by atoms with Crippen LogP contribution in [0.25, 0.3) is 5.53 Å². The zero-order valence-electron chi connectivity index (χ0n) is 20.9. The Morgan fingerprint density at radius 2 is 1.85 bits per heavy atom. The lowest BCUT2D eigenvalue weighted by molar-refractivity contribution is -0.384. The number of nitro groups is 1. The Labute approximate surface area is 224 Å². The molecule has 206 valence electrons. The Balaban J connectivity index is 1.58. The Bertz CT molecular complexity index is 1300. The lowest BCUT2D eigenvalue weighted by atomic mass is 9.96. The Morgan fingerprint density at radius 3 is 2.44 bits per heavy atom. The van der Waals surface area contributed by atoms with Gasteiger partial charge in [0.15, 0.2) is 0 Å². The highest BCUT2D eigenvalue weighted by Crippen LogP contribution is 2.44. The van der Waals surface area contributed by atoms with E-state index in [1.807, 2.05) is 0 Å². The maximum atomic E-state index is 12.8. The standard InChI is InChI=1S/C23H22N4O11S/c1-12-16(20(30)37-11-38-21(31)23(2,3)10-28)26-18(29)15(19(26)39-17(12)25-24)9-36-22(32)35-8-13-4-6-14(7-5-13)27(33)34/h4-7,10,15,19H,8-9,11H2,1-3H3/t15-,19-/m0/s1. The number of nitrogens with zero attached hydrogens (tertiary/aromatic N) is 4. The summed E-state index contributed by atoms with van der Waals surface area (Å²) in [6.45, 7) is 2.58. The molecule has 0 radical (unpaired) electrons. The van der Waals surface area contributed by atoms with Gasteiger partial charge in [0.2, 0.25) is 12.7 Å². The molecule has 1 aromatic carbocycles. The first kappa shape index (κ1) is 29.0. The second-order valence-corrected chi connectivity index (χ2v) is 9.90. The van der Waals surface area contributed by atoms with E-state index in [9.17, 15) is 39.6 Å². The van der Waals surface area contributed by atoms with Crippen LogP contribution in [0.1, 0.15) is 26.3 Å². The first-order valence-corrected chi connectivity index (χ1v) is 12.1. The van der Waals surface area contributed by atoms with Gasteiger partial charge in [0.05, 0.1) is 10.5 Å². The van der Waals surface area contributed by atoms with Crippen molar-refractivity contribution in [2.24, 2.45) is 11.3 Å². The number of ether oxygens (including phenoxy) is 4. The summed E-state index contributed by atoms with van der Waals surface area (Å²) in [5.41, 5.74) is 8.15. The molecule has 0 saturated carbocycles. The number of amides is 1. The van der Waals surface area contributed by atoms with Crippen molar-refractivity contribution in [3.8, 4) is 0 Å². The van der Waals surface area contributed by atoms with Crippen LogP contribution in [0, 0.1) is 21.4 Å². The molecule has 1 amide bonds. The number of carbonyl (C=O) groups excluding carboxylic acids is 5. The molecule has 2 heterocycles. The third-order valence-corrected chi connectivity index (χ3v) is 7.06. The van der Waals surface area contributed by atoms with Crippen molar-refractivity contribution in [1.82, 2.24) is 4.90 Å². The Hall–Kier alpha value is -4.56. The van der Waals surface area contributed by atoms with Gasteiger partial charge in [-0.05, 0) is 50.2 Å². The van der Waals surface area contributed by atoms with E-state index in [0.717, 1.165) is 16.7 Å². The van der Waals surface area contributed by atoms with Crippen LogP contribution in [0.2, 0.25) is 0 Å². The molecule has 1 aromatic rings. The van der Waals surface area contributed by atoms with Gasteiger partial charge < -0.3 is 29.3 Å². The maximum absolute atomic E-state index is 12.8. The van der Waals surface area contributed by atoms with Gasteiger partial charge in [-0.1, -0.05) is 0 Å². The van der Waals surface area contributed by atoms with Crippen LogP contribution in [-0.4, -0.2) is 68.7 Å². The van der Waals surface area contributed by atoms with E-state index in [0.29, 0.717) is 11.8 Å². The summed E-state index contributed by atoms with van der Waals surface area (Å²) in [6, 6.07) is 5.32. The van der Waals surface area contributed by atoms with E-state index >= 15 is 0 Å². The van der Waals surface area contributed by atoms with Crippen LogP contribution in [0.5, 0.6) is 0 Å². The summed E-state index contributed by atoms with van der Waals surface area (Å²) in [6.07, 6.45) is -0.716. The highest BCUT2D eigenvalue weighted by Gasteiger charge is 2.57. The molecule has 0 bridgehead atoms. The fourth-order valence-electron chi connectivity index (χ4n) is 3.38. The summed E-state index contributed by atoms with van der Waals surface area (Å²) in [5.74, 6) is -3.48. The highest BCUT2D eigenvalue weighted by atomic mass is 32.2. The van der Waals surface area contributed by atoms with Crippen LogP contribution in [0.15, 0.2) is 35.5 Å². The molecule has 2 atom stereocenters. The van der Waals surface area contributed by atoms with Crippen molar-refractivity contribution < 1.29 is 52.6 Å². The maximum Gasteiger partial charge on any atom is 0.508 e. The second kappa shape index (κ2) is 11.9. The van der Waals surface area contributed by atoms with Gasteiger partial charge in [-0.15, -0.1) is 0 Å². The SMILES string of the molecule is CC1=C(C(=O)OCOC(=O)C(C)(C)C=O)N2C(=O)[C@H](COC(=O)OCc3ccc([N+](=O)[O-])cc3)[C@@H]2SC1=[N+]=[N-]. The normalized spacial score (nSPS) is 18.3. The molecule has 0 aliphatic carbocycles. The predicted octanol–water partition coefficient (Wildman–Crippen LogP) is 1.95. The Kier molecular flexibility index (Phi) is 8.83. The number of aldehydes is 1. The van der Waals surface area contributed by atoms with E-state index in [1.165, 1.54) is 45.0 Å². The molecule has 39 heavy (non-hydrogen) atoms. The fourth-order valence-corrected chi connectivity index (χ4v) is 4.60. The molecule has 1 fully saturated rings. The monoisotopic (exact) mass is 562 g/mol. The molecule has 0 unspecified atom stereocenters. The number of rotatable bonds is 10. The minimum atomic E-state index is -1.45. The molecule has 2 aliphatic heterocycles. The van der Waals surface area contributed by atoms with Crippen molar-refractivity contribution in [2.45, 2.75) is 32.8 Å². The molecular weight excluding hydrogens is 540 g/mol. The number of fused-ring (bicyclic) bond motifs is 1. The minimum Gasteiger partial charge on any atom is -0.433 e. The number of hydrogen-bond donors (Lipinski definition) is 0. The number of carbonyl (C=O) groups is 5. The molecule has 15 nitrogen and oxygen atoms in total. The topological polar surface area (TPSA) is 205 Å². The predicted molar refractivity (Wildman–Crippen MR) is 129 cm³/mol. The van der Waals surface area contributed by atoms with Crippen LogP contribution in [0.4, 0.5) is 10.5 Å². The van der Waals surface area contributed by atoms with E-state index in [-0.39, 0.29) is 28.6 Å². The van der Waals surface area contributed by atoms with Gasteiger partial charge in [0, 0.05) is 12.1 Å². The van der Waals surface area contributed by atoms with Crippen LogP contribution < -0.4 is 0 Å². The van der Waals surface area contributed by atoms with Crippen LogP contribution in [0.3, 0.4) is 0 Å². The van der Waals surface area contributed by atoms with Gasteiger partial charge in [0.1, 0.15) is 41.9 Å². The van der Waals surface area contributed by atoms with Crippen molar-refractivity contribution >= 4 is 52.8 Å². The first-order valence-electron chi connectivity index (χ1n) is 11.2. The quantitative estimate of drug-likeness (QED) is 0.0462. The van der Waals surface area contributed by atoms with Crippen molar-refractivity contribution in [3.05, 3.63) is 56.7 Å². The summed E-state index contributed by atoms with van der Waals surface area (Å²) >= 11 is 0.951. The number of nitro benzene ring substituents is 1. The molecule has 0 aromatic heterocycles. The zero-order valence-corrected chi connectivity index (χ0v) is 21.7. The Morgan fingerprint density at radius 1 is 1.18 bits per heavy atom. The largest absolute Gasteiger partial charge is 0.508 e. The van der Waals surface area contributed by atoms with Crippen molar-refractivity contribution in [3.63, 3.8) is 0 Å². The summed E-state index contributed by atoms with van der Waals surface area (Å²) in [5, 5.41) is 9.94. The number of non-ortho nitro benzene ring substituents is 1. The number of β-lactam (4-membered cyclic amide) rings is 1. The highest BCUT2D eigenvalue weighted by molar-refractivity contribution is 8.14. The van der Waals surface area contributed by atoms with Gasteiger partial charge in [-0.2, -0.15) is 4.79 Å². The molecule has 1 saturated heterocycles. The van der Waals surface area contributed by atoms with E-state index in [1.54, 1.807) is 0 Å². The lowest BCUT2D eigenvalue weighted by Gasteiger charge is -2.47. The summed E-state index contributed by atoms with van der Waals surface area (Å²) < 4.78 is 19.7. The third kappa shape index (κ3) is 6.30. The molecule has 0 N–H and O–H groups in total. The molecule has 2 aliphatic rings. The zero-order chi connectivity index (χ0) is 28.9. The average molecular weight is 563 g/mol. The van der Waals surface area contributed by atoms with Gasteiger partial charge in [-0.25, -0.2) is 9.59 Å². The molecular formula is C23H22N4O11S. The molecule has 16 heteroatoms. The van der Waals surface area contributed by atoms with E-state index in [2.05, 4.69) is 4.79 Å². The van der Waals surface area contributed by atoms with Crippen molar-refractivity contribution in [2.75, 3.05) is 13.4 Å². The van der Waals surface area contributed by atoms with Crippen LogP contribution in [-0.2, 0) is 44.7 Å². The summed E-state index contributed by atoms with van der Waals surface area (Å²) in [4.78, 5) is 74.8. The summed E-state index contributed by atoms with van der Waals surface area (Å²) in [7, 11) is 0. The van der Waals surface area contributed by atoms with Gasteiger partial charge >= 0.3 is 23.1 Å². The van der Waals surface area contributed by atoms with Gasteiger partial charge in [0.25, 0.3) is 5.69 Å².